The number of halogens is 1. The molecule has 1 rings (SSSR count). The number of benzene rings is 1. The van der Waals surface area contributed by atoms with Crippen LogP contribution in [0.25, 0.3) is 0 Å². The fourth-order valence-electron chi connectivity index (χ4n) is 1.53. The second-order valence-corrected chi connectivity index (χ2v) is 4.77. The summed E-state index contributed by atoms with van der Waals surface area (Å²) in [5.74, 6) is -1.03. The number of carbonyl (C=O) groups is 2. The fourth-order valence-corrected chi connectivity index (χ4v) is 2.01. The molecule has 0 aliphatic heterocycles. The van der Waals surface area contributed by atoms with E-state index in [2.05, 4.69) is 21.2 Å². The lowest BCUT2D eigenvalue weighted by atomic mass is 10.2. The van der Waals surface area contributed by atoms with Crippen molar-refractivity contribution >= 4 is 33.6 Å². The first-order valence-electron chi connectivity index (χ1n) is 5.95. The zero-order chi connectivity index (χ0) is 15.1. The van der Waals surface area contributed by atoms with Crippen molar-refractivity contribution < 1.29 is 14.7 Å². The monoisotopic (exact) mass is 339 g/mol. The molecule has 0 radical (unpaired) electrons. The number of nitriles is 1. The van der Waals surface area contributed by atoms with E-state index in [4.69, 9.17) is 10.4 Å². The van der Waals surface area contributed by atoms with Gasteiger partial charge in [0.05, 0.1) is 23.7 Å². The van der Waals surface area contributed by atoms with Gasteiger partial charge in [0.1, 0.15) is 0 Å². The van der Waals surface area contributed by atoms with Crippen molar-refractivity contribution in [1.29, 1.82) is 5.26 Å². The van der Waals surface area contributed by atoms with Crippen LogP contribution in [-0.4, -0.2) is 35.1 Å². The van der Waals surface area contributed by atoms with Crippen molar-refractivity contribution in [2.45, 2.75) is 13.3 Å². The van der Waals surface area contributed by atoms with Gasteiger partial charge in [-0.15, -0.1) is 0 Å². The Kier molecular flexibility index (Phi) is 6.00. The molecule has 1 aromatic rings. The molecule has 0 saturated heterocycles. The van der Waals surface area contributed by atoms with Crippen LogP contribution in [0.1, 0.15) is 23.7 Å². The van der Waals surface area contributed by atoms with Gasteiger partial charge in [-0.1, -0.05) is 0 Å². The number of nitrogens with one attached hydrogen (secondary N) is 1. The van der Waals surface area contributed by atoms with E-state index in [0.717, 1.165) is 0 Å². The average Bonchev–Trinajstić information content (AvgIpc) is 2.41. The van der Waals surface area contributed by atoms with E-state index in [1.807, 2.05) is 13.0 Å². The normalized spacial score (nSPS) is 9.65. The first kappa shape index (κ1) is 16.0. The van der Waals surface area contributed by atoms with E-state index in [0.29, 0.717) is 23.2 Å². The van der Waals surface area contributed by atoms with Gasteiger partial charge in [0.25, 0.3) is 0 Å². The summed E-state index contributed by atoms with van der Waals surface area (Å²) in [4.78, 5) is 24.3. The summed E-state index contributed by atoms with van der Waals surface area (Å²) in [6.07, 6.45) is 0.264. The number of carboxylic acids is 1. The summed E-state index contributed by atoms with van der Waals surface area (Å²) in [6, 6.07) is 6.01. The molecule has 2 N–H and O–H groups in total. The summed E-state index contributed by atoms with van der Waals surface area (Å²) in [5, 5.41) is 20.1. The summed E-state index contributed by atoms with van der Waals surface area (Å²) in [5.41, 5.74) is 0.613. The topological polar surface area (TPSA) is 93.4 Å². The molecule has 0 bridgehead atoms. The first-order valence-corrected chi connectivity index (χ1v) is 6.74. The van der Waals surface area contributed by atoms with Crippen molar-refractivity contribution in [2.24, 2.45) is 0 Å². The van der Waals surface area contributed by atoms with Crippen LogP contribution < -0.4 is 5.32 Å². The van der Waals surface area contributed by atoms with E-state index in [9.17, 15) is 9.59 Å². The van der Waals surface area contributed by atoms with Crippen LogP contribution in [-0.2, 0) is 0 Å². The van der Waals surface area contributed by atoms with Gasteiger partial charge in [0.2, 0.25) is 0 Å². The van der Waals surface area contributed by atoms with E-state index in [1.165, 1.54) is 23.1 Å². The molecule has 0 aliphatic rings. The Morgan fingerprint density at radius 1 is 1.50 bits per heavy atom. The first-order chi connectivity index (χ1) is 9.49. The van der Waals surface area contributed by atoms with Gasteiger partial charge in [-0.25, -0.2) is 9.59 Å². The second kappa shape index (κ2) is 7.50. The smallest absolute Gasteiger partial charge is 0.335 e. The van der Waals surface area contributed by atoms with Crippen molar-refractivity contribution in [1.82, 2.24) is 4.90 Å². The maximum Gasteiger partial charge on any atom is 0.335 e. The average molecular weight is 340 g/mol. The fraction of sp³-hybridized carbons (Fsp3) is 0.308. The van der Waals surface area contributed by atoms with Crippen molar-refractivity contribution in [3.8, 4) is 6.07 Å². The van der Waals surface area contributed by atoms with Gasteiger partial charge in [-0.2, -0.15) is 5.26 Å². The quantitative estimate of drug-likeness (QED) is 0.862. The van der Waals surface area contributed by atoms with E-state index < -0.39 is 5.97 Å². The number of nitrogens with zero attached hydrogens (tertiary/aromatic N) is 2. The highest BCUT2D eigenvalue weighted by Gasteiger charge is 2.13. The molecule has 0 aliphatic carbocycles. The Hall–Kier alpha value is -2.07. The van der Waals surface area contributed by atoms with Crippen molar-refractivity contribution in [3.63, 3.8) is 0 Å². The number of hydrogen-bond acceptors (Lipinski definition) is 3. The SMILES string of the molecule is CCN(CCC#N)C(=O)Nc1ccc(C(=O)O)cc1Br. The molecule has 106 valence electrons. The highest BCUT2D eigenvalue weighted by molar-refractivity contribution is 9.10. The largest absolute Gasteiger partial charge is 0.478 e. The Morgan fingerprint density at radius 3 is 2.70 bits per heavy atom. The Balaban J connectivity index is 2.80. The van der Waals surface area contributed by atoms with Gasteiger partial charge in [-0.05, 0) is 41.1 Å². The van der Waals surface area contributed by atoms with Gasteiger partial charge in [0, 0.05) is 17.6 Å². The van der Waals surface area contributed by atoms with E-state index in [1.54, 1.807) is 0 Å². The van der Waals surface area contributed by atoms with Gasteiger partial charge >= 0.3 is 12.0 Å². The standard InChI is InChI=1S/C13H14BrN3O3/c1-2-17(7-3-6-15)13(20)16-11-5-4-9(12(18)19)8-10(11)14/h4-5,8H,2-3,7H2,1H3,(H,16,20)(H,18,19). The third kappa shape index (κ3) is 4.24. The van der Waals surface area contributed by atoms with Gasteiger partial charge in [-0.3, -0.25) is 0 Å². The third-order valence-electron chi connectivity index (χ3n) is 2.62. The lowest BCUT2D eigenvalue weighted by Crippen LogP contribution is -2.35. The summed E-state index contributed by atoms with van der Waals surface area (Å²) in [6.45, 7) is 2.65. The number of carboxylic acid groups (broad SMARTS) is 1. The Labute approximate surface area is 125 Å². The molecule has 0 atom stereocenters. The Morgan fingerprint density at radius 2 is 2.20 bits per heavy atom. The number of urea groups is 1. The lowest BCUT2D eigenvalue weighted by Gasteiger charge is -2.20. The minimum atomic E-state index is -1.03. The molecule has 0 saturated carbocycles. The highest BCUT2D eigenvalue weighted by Crippen LogP contribution is 2.24. The maximum atomic E-state index is 12.0. The number of anilines is 1. The maximum absolute atomic E-state index is 12.0. The summed E-state index contributed by atoms with van der Waals surface area (Å²) >= 11 is 3.22. The molecule has 20 heavy (non-hydrogen) atoms. The molecule has 0 aromatic heterocycles. The van der Waals surface area contributed by atoms with Crippen LogP contribution in [0.4, 0.5) is 10.5 Å². The molecule has 0 fully saturated rings. The number of aromatic carboxylic acids is 1. The van der Waals surface area contributed by atoms with Crippen LogP contribution in [0, 0.1) is 11.3 Å². The summed E-state index contributed by atoms with van der Waals surface area (Å²) in [7, 11) is 0. The Bertz CT molecular complexity index is 554. The minimum absolute atomic E-state index is 0.131. The third-order valence-corrected chi connectivity index (χ3v) is 3.28. The van der Waals surface area contributed by atoms with Crippen LogP contribution >= 0.6 is 15.9 Å². The zero-order valence-corrected chi connectivity index (χ0v) is 12.5. The molecular weight excluding hydrogens is 326 g/mol. The van der Waals surface area contributed by atoms with E-state index >= 15 is 0 Å². The zero-order valence-electron chi connectivity index (χ0n) is 10.9. The minimum Gasteiger partial charge on any atom is -0.478 e. The molecule has 6 nitrogen and oxygen atoms in total. The number of hydrogen-bond donors (Lipinski definition) is 2. The molecule has 2 amide bonds. The van der Waals surface area contributed by atoms with Crippen LogP contribution in [0.2, 0.25) is 0 Å². The molecule has 0 spiro atoms. The number of rotatable bonds is 5. The molecule has 0 heterocycles. The molecule has 0 unspecified atom stereocenters. The van der Waals surface area contributed by atoms with Crippen molar-refractivity contribution in [2.75, 3.05) is 18.4 Å². The highest BCUT2D eigenvalue weighted by atomic mass is 79.9. The van der Waals surface area contributed by atoms with Crippen LogP contribution in [0.15, 0.2) is 22.7 Å². The molecule has 1 aromatic carbocycles. The van der Waals surface area contributed by atoms with Crippen LogP contribution in [0.3, 0.4) is 0 Å². The van der Waals surface area contributed by atoms with Crippen molar-refractivity contribution in [3.05, 3.63) is 28.2 Å². The molecular formula is C13H14BrN3O3. The van der Waals surface area contributed by atoms with Crippen LogP contribution in [0.5, 0.6) is 0 Å². The lowest BCUT2D eigenvalue weighted by molar-refractivity contribution is 0.0697. The predicted octanol–water partition coefficient (Wildman–Crippen LogP) is 2.91. The predicted molar refractivity (Wildman–Crippen MR) is 77.6 cm³/mol. The summed E-state index contributed by atoms with van der Waals surface area (Å²) < 4.78 is 0.488. The number of carbonyl (C=O) groups excluding carboxylic acids is 1. The number of amides is 2. The van der Waals surface area contributed by atoms with E-state index in [-0.39, 0.29) is 18.0 Å². The molecule has 7 heteroatoms. The van der Waals surface area contributed by atoms with Gasteiger partial charge < -0.3 is 15.3 Å². The van der Waals surface area contributed by atoms with Gasteiger partial charge in [0.15, 0.2) is 0 Å². The second-order valence-electron chi connectivity index (χ2n) is 3.92.